The maximum Gasteiger partial charge on any atom is 0.348 e. The molecule has 0 aliphatic rings. The van der Waals surface area contributed by atoms with Crippen LogP contribution in [-0.4, -0.2) is 19.0 Å². The Kier molecular flexibility index (Phi) is 5.28. The minimum absolute atomic E-state index is 0.275. The number of nitriles is 1. The van der Waals surface area contributed by atoms with E-state index < -0.39 is 5.97 Å². The van der Waals surface area contributed by atoms with E-state index in [1.165, 1.54) is 13.2 Å². The van der Waals surface area contributed by atoms with Gasteiger partial charge >= 0.3 is 5.97 Å². The number of carbonyl (C=O) groups excluding carboxylic acids is 2. The molecule has 0 unspecified atom stereocenters. The monoisotopic (exact) mass is 326 g/mol. The van der Waals surface area contributed by atoms with Gasteiger partial charge in [-0.25, -0.2) is 4.79 Å². The Balaban J connectivity index is 2.20. The highest BCUT2D eigenvalue weighted by molar-refractivity contribution is 7.18. The molecule has 0 saturated heterocycles. The average molecular weight is 326 g/mol. The van der Waals surface area contributed by atoms with E-state index >= 15 is 0 Å². The third kappa shape index (κ3) is 3.84. The van der Waals surface area contributed by atoms with Crippen molar-refractivity contribution in [3.05, 3.63) is 58.0 Å². The molecule has 0 aliphatic heterocycles. The van der Waals surface area contributed by atoms with Crippen LogP contribution in [0.1, 0.15) is 26.4 Å². The predicted molar refractivity (Wildman–Crippen MR) is 89.2 cm³/mol. The van der Waals surface area contributed by atoms with Crippen molar-refractivity contribution in [1.29, 1.82) is 5.26 Å². The summed E-state index contributed by atoms with van der Waals surface area (Å²) in [7, 11) is 1.27. The van der Waals surface area contributed by atoms with E-state index in [1.807, 2.05) is 36.4 Å². The molecule has 1 heterocycles. The Morgan fingerprint density at radius 3 is 2.61 bits per heavy atom. The lowest BCUT2D eigenvalue weighted by Gasteiger charge is -1.99. The van der Waals surface area contributed by atoms with E-state index in [4.69, 9.17) is 0 Å². The van der Waals surface area contributed by atoms with Crippen LogP contribution in [0.3, 0.4) is 0 Å². The fourth-order valence-corrected chi connectivity index (χ4v) is 2.99. The van der Waals surface area contributed by atoms with Crippen LogP contribution in [0.2, 0.25) is 0 Å². The first-order valence-corrected chi connectivity index (χ1v) is 7.54. The van der Waals surface area contributed by atoms with Crippen molar-refractivity contribution in [2.24, 2.45) is 0 Å². The number of thiophene rings is 1. The molecule has 0 spiro atoms. The fourth-order valence-electron chi connectivity index (χ4n) is 1.91. The lowest BCUT2D eigenvalue weighted by Crippen LogP contribution is -2.07. The van der Waals surface area contributed by atoms with Crippen LogP contribution in [0, 0.1) is 18.3 Å². The molecule has 1 amide bonds. The summed E-state index contributed by atoms with van der Waals surface area (Å²) in [5.74, 6) is -0.896. The summed E-state index contributed by atoms with van der Waals surface area (Å²) >= 11 is 1.03. The zero-order chi connectivity index (χ0) is 16.8. The first kappa shape index (κ1) is 16.5. The van der Waals surface area contributed by atoms with Gasteiger partial charge in [-0.1, -0.05) is 30.3 Å². The molecule has 0 atom stereocenters. The van der Waals surface area contributed by atoms with Gasteiger partial charge in [0.1, 0.15) is 15.9 Å². The second kappa shape index (κ2) is 7.38. The fraction of sp³-hybridized carbons (Fsp3) is 0.118. The van der Waals surface area contributed by atoms with Gasteiger partial charge in [0, 0.05) is 6.08 Å². The van der Waals surface area contributed by atoms with E-state index in [9.17, 15) is 14.9 Å². The Morgan fingerprint density at radius 1 is 1.30 bits per heavy atom. The van der Waals surface area contributed by atoms with Gasteiger partial charge in [0.25, 0.3) is 0 Å². The van der Waals surface area contributed by atoms with Crippen molar-refractivity contribution < 1.29 is 14.3 Å². The number of nitrogens with zero attached hydrogens (tertiary/aromatic N) is 1. The van der Waals surface area contributed by atoms with Gasteiger partial charge in [0.05, 0.1) is 12.7 Å². The van der Waals surface area contributed by atoms with Gasteiger partial charge in [-0.2, -0.15) is 5.26 Å². The largest absolute Gasteiger partial charge is 0.465 e. The zero-order valence-electron chi connectivity index (χ0n) is 12.6. The van der Waals surface area contributed by atoms with Crippen molar-refractivity contribution >= 4 is 34.3 Å². The van der Waals surface area contributed by atoms with Crippen LogP contribution < -0.4 is 5.32 Å². The topological polar surface area (TPSA) is 79.2 Å². The van der Waals surface area contributed by atoms with Crippen LogP contribution in [0.5, 0.6) is 0 Å². The standard InChI is InChI=1S/C17H14N2O3S/c1-11-13(10-18)16(23-15(11)17(21)22-2)19-14(20)9-8-12-6-4-3-5-7-12/h3-9H,1-2H3,(H,19,20). The van der Waals surface area contributed by atoms with Gasteiger partial charge in [-0.15, -0.1) is 11.3 Å². The van der Waals surface area contributed by atoms with E-state index in [2.05, 4.69) is 10.1 Å². The molecular weight excluding hydrogens is 312 g/mol. The number of carbonyl (C=O) groups is 2. The number of ether oxygens (including phenoxy) is 1. The Hall–Kier alpha value is -2.91. The number of hydrogen-bond acceptors (Lipinski definition) is 5. The van der Waals surface area contributed by atoms with Gasteiger partial charge in [0.2, 0.25) is 5.91 Å². The number of hydrogen-bond donors (Lipinski definition) is 1. The highest BCUT2D eigenvalue weighted by Gasteiger charge is 2.21. The van der Waals surface area contributed by atoms with E-state index in [-0.39, 0.29) is 11.5 Å². The summed E-state index contributed by atoms with van der Waals surface area (Å²) in [5, 5.41) is 12.2. The number of esters is 1. The molecule has 6 heteroatoms. The molecule has 1 N–H and O–H groups in total. The van der Waals surface area contributed by atoms with Crippen LogP contribution in [0.15, 0.2) is 36.4 Å². The first-order valence-electron chi connectivity index (χ1n) is 6.72. The molecule has 0 radical (unpaired) electrons. The average Bonchev–Trinajstić information content (AvgIpc) is 2.88. The molecule has 1 aromatic carbocycles. The minimum Gasteiger partial charge on any atom is -0.465 e. The van der Waals surface area contributed by atoms with E-state index in [0.29, 0.717) is 15.4 Å². The molecule has 1 aromatic heterocycles. The summed E-state index contributed by atoms with van der Waals surface area (Å²) in [6.45, 7) is 1.65. The number of benzene rings is 1. The molecule has 0 fully saturated rings. The SMILES string of the molecule is COC(=O)c1sc(NC(=O)C=Cc2ccccc2)c(C#N)c1C. The number of methoxy groups -OCH3 is 1. The molecule has 0 aliphatic carbocycles. The van der Waals surface area contributed by atoms with Crippen LogP contribution >= 0.6 is 11.3 Å². The number of rotatable bonds is 4. The quantitative estimate of drug-likeness (QED) is 0.690. The van der Waals surface area contributed by atoms with Crippen molar-refractivity contribution in [3.63, 3.8) is 0 Å². The summed E-state index contributed by atoms with van der Waals surface area (Å²) in [6.07, 6.45) is 3.05. The highest BCUT2D eigenvalue weighted by atomic mass is 32.1. The second-order valence-electron chi connectivity index (χ2n) is 4.60. The van der Waals surface area contributed by atoms with E-state index in [1.54, 1.807) is 13.0 Å². The molecular formula is C17H14N2O3S. The summed E-state index contributed by atoms with van der Waals surface area (Å²) < 4.78 is 4.68. The van der Waals surface area contributed by atoms with Gasteiger partial charge in [-0.05, 0) is 24.1 Å². The molecule has 0 saturated carbocycles. The van der Waals surface area contributed by atoms with Crippen molar-refractivity contribution in [1.82, 2.24) is 0 Å². The maximum absolute atomic E-state index is 12.0. The van der Waals surface area contributed by atoms with Crippen LogP contribution in [0.25, 0.3) is 6.08 Å². The molecule has 116 valence electrons. The number of nitrogens with one attached hydrogen (secondary N) is 1. The normalized spacial score (nSPS) is 10.3. The van der Waals surface area contributed by atoms with E-state index in [0.717, 1.165) is 16.9 Å². The third-order valence-electron chi connectivity index (χ3n) is 3.09. The smallest absolute Gasteiger partial charge is 0.348 e. The molecule has 2 aromatic rings. The number of amides is 1. The van der Waals surface area contributed by atoms with Crippen molar-refractivity contribution in [3.8, 4) is 6.07 Å². The molecule has 0 bridgehead atoms. The first-order chi connectivity index (χ1) is 11.1. The molecule has 5 nitrogen and oxygen atoms in total. The van der Waals surface area contributed by atoms with Crippen molar-refractivity contribution in [2.45, 2.75) is 6.92 Å². The Morgan fingerprint density at radius 2 is 2.00 bits per heavy atom. The molecule has 23 heavy (non-hydrogen) atoms. The zero-order valence-corrected chi connectivity index (χ0v) is 13.4. The Bertz CT molecular complexity index is 801. The van der Waals surface area contributed by atoms with Crippen molar-refractivity contribution in [2.75, 3.05) is 12.4 Å². The van der Waals surface area contributed by atoms with Crippen LogP contribution in [-0.2, 0) is 9.53 Å². The maximum atomic E-state index is 12.0. The number of anilines is 1. The Labute approximate surface area is 137 Å². The summed E-state index contributed by atoms with van der Waals surface area (Å²) in [5.41, 5.74) is 1.67. The minimum atomic E-state index is -0.524. The molecule has 2 rings (SSSR count). The highest BCUT2D eigenvalue weighted by Crippen LogP contribution is 2.32. The predicted octanol–water partition coefficient (Wildman–Crippen LogP) is 3.37. The summed E-state index contributed by atoms with van der Waals surface area (Å²) in [6, 6.07) is 11.4. The van der Waals surface area contributed by atoms with Gasteiger partial charge < -0.3 is 10.1 Å². The summed E-state index contributed by atoms with van der Waals surface area (Å²) in [4.78, 5) is 24.0. The lowest BCUT2D eigenvalue weighted by molar-refractivity contribution is -0.111. The third-order valence-corrected chi connectivity index (χ3v) is 4.28. The van der Waals surface area contributed by atoms with Crippen LogP contribution in [0.4, 0.5) is 5.00 Å². The second-order valence-corrected chi connectivity index (χ2v) is 5.62. The van der Waals surface area contributed by atoms with Gasteiger partial charge in [-0.3, -0.25) is 4.79 Å². The lowest BCUT2D eigenvalue weighted by atomic mass is 10.2. The van der Waals surface area contributed by atoms with Gasteiger partial charge in [0.15, 0.2) is 0 Å².